The van der Waals surface area contributed by atoms with Gasteiger partial charge in [-0.15, -0.1) is 0 Å². The largest absolute Gasteiger partial charge is 0.493 e. The Hall–Kier alpha value is -1.16. The van der Waals surface area contributed by atoms with Crippen LogP contribution < -0.4 is 10.1 Å². The Morgan fingerprint density at radius 3 is 2.67 bits per heavy atom. The van der Waals surface area contributed by atoms with Gasteiger partial charge in [0, 0.05) is 12.1 Å². The molecule has 0 heterocycles. The molecule has 2 rings (SSSR count). The zero-order valence-corrected chi connectivity index (χ0v) is 10.4. The zero-order valence-electron chi connectivity index (χ0n) is 10.4. The SMILES string of the molecule is Fc1ccc(OCCCCCNC2CC2)cc1F. The van der Waals surface area contributed by atoms with Crippen LogP contribution in [0.25, 0.3) is 0 Å². The molecule has 0 aromatic heterocycles. The van der Waals surface area contributed by atoms with Gasteiger partial charge < -0.3 is 10.1 Å². The van der Waals surface area contributed by atoms with Crippen LogP contribution in [0.15, 0.2) is 18.2 Å². The van der Waals surface area contributed by atoms with Crippen LogP contribution in [0.4, 0.5) is 8.78 Å². The highest BCUT2D eigenvalue weighted by Crippen LogP contribution is 2.18. The van der Waals surface area contributed by atoms with Crippen molar-refractivity contribution in [1.82, 2.24) is 5.32 Å². The summed E-state index contributed by atoms with van der Waals surface area (Å²) < 4.78 is 30.9. The molecule has 0 saturated heterocycles. The third-order valence-electron chi connectivity index (χ3n) is 2.99. The van der Waals surface area contributed by atoms with Gasteiger partial charge in [-0.1, -0.05) is 0 Å². The average Bonchev–Trinajstić information content (AvgIpc) is 3.16. The van der Waals surface area contributed by atoms with Gasteiger partial charge in [0.25, 0.3) is 0 Å². The normalized spacial score (nSPS) is 14.8. The minimum absolute atomic E-state index is 0.394. The molecular weight excluding hydrogens is 236 g/mol. The Kier molecular flexibility index (Phi) is 4.93. The van der Waals surface area contributed by atoms with Crippen LogP contribution >= 0.6 is 0 Å². The highest BCUT2D eigenvalue weighted by atomic mass is 19.2. The van der Waals surface area contributed by atoms with Gasteiger partial charge in [-0.25, -0.2) is 8.78 Å². The van der Waals surface area contributed by atoms with Crippen LogP contribution in [-0.4, -0.2) is 19.2 Å². The lowest BCUT2D eigenvalue weighted by atomic mass is 10.2. The summed E-state index contributed by atoms with van der Waals surface area (Å²) in [6.07, 6.45) is 5.80. The lowest BCUT2D eigenvalue weighted by molar-refractivity contribution is 0.302. The first-order chi connectivity index (χ1) is 8.75. The van der Waals surface area contributed by atoms with E-state index in [9.17, 15) is 8.78 Å². The maximum atomic E-state index is 12.9. The van der Waals surface area contributed by atoms with E-state index >= 15 is 0 Å². The van der Waals surface area contributed by atoms with E-state index in [1.54, 1.807) is 0 Å². The molecule has 0 unspecified atom stereocenters. The molecular formula is C14H19F2NO. The fourth-order valence-electron chi connectivity index (χ4n) is 1.75. The molecule has 0 atom stereocenters. The van der Waals surface area contributed by atoms with Crippen LogP contribution in [0.5, 0.6) is 5.75 Å². The summed E-state index contributed by atoms with van der Waals surface area (Å²) in [5, 5.41) is 3.45. The Balaban J connectivity index is 1.52. The van der Waals surface area contributed by atoms with Crippen molar-refractivity contribution >= 4 is 0 Å². The summed E-state index contributed by atoms with van der Waals surface area (Å²) in [4.78, 5) is 0. The van der Waals surface area contributed by atoms with Crippen molar-refractivity contribution in [3.05, 3.63) is 29.8 Å². The van der Waals surface area contributed by atoms with E-state index in [4.69, 9.17) is 4.74 Å². The molecule has 4 heteroatoms. The highest BCUT2D eigenvalue weighted by Gasteiger charge is 2.19. The van der Waals surface area contributed by atoms with Gasteiger partial charge in [-0.3, -0.25) is 0 Å². The van der Waals surface area contributed by atoms with Gasteiger partial charge in [0.2, 0.25) is 0 Å². The second kappa shape index (κ2) is 6.69. The van der Waals surface area contributed by atoms with Crippen molar-refractivity contribution in [2.45, 2.75) is 38.1 Å². The van der Waals surface area contributed by atoms with Crippen molar-refractivity contribution in [3.8, 4) is 5.75 Å². The molecule has 0 spiro atoms. The first-order valence-electron chi connectivity index (χ1n) is 6.57. The number of halogens is 2. The second-order valence-corrected chi connectivity index (χ2v) is 4.71. The number of rotatable bonds is 8. The van der Waals surface area contributed by atoms with Gasteiger partial charge in [-0.2, -0.15) is 0 Å². The molecule has 1 aromatic carbocycles. The first kappa shape index (κ1) is 13.3. The molecule has 0 aliphatic heterocycles. The quantitative estimate of drug-likeness (QED) is 0.720. The van der Waals surface area contributed by atoms with E-state index in [0.29, 0.717) is 12.4 Å². The van der Waals surface area contributed by atoms with Crippen molar-refractivity contribution in [3.63, 3.8) is 0 Å². The van der Waals surface area contributed by atoms with E-state index in [2.05, 4.69) is 5.32 Å². The Morgan fingerprint density at radius 2 is 1.94 bits per heavy atom. The van der Waals surface area contributed by atoms with Gasteiger partial charge in [0.05, 0.1) is 6.61 Å². The van der Waals surface area contributed by atoms with Crippen LogP contribution in [0.3, 0.4) is 0 Å². The fourth-order valence-corrected chi connectivity index (χ4v) is 1.75. The van der Waals surface area contributed by atoms with Crippen LogP contribution in [0.1, 0.15) is 32.1 Å². The van der Waals surface area contributed by atoms with Crippen molar-refractivity contribution < 1.29 is 13.5 Å². The molecule has 100 valence electrons. The Morgan fingerprint density at radius 1 is 1.11 bits per heavy atom. The molecule has 2 nitrogen and oxygen atoms in total. The van der Waals surface area contributed by atoms with E-state index < -0.39 is 11.6 Å². The van der Waals surface area contributed by atoms with E-state index in [1.807, 2.05) is 0 Å². The number of hydrogen-bond donors (Lipinski definition) is 1. The van der Waals surface area contributed by atoms with Crippen molar-refractivity contribution in [2.75, 3.05) is 13.2 Å². The second-order valence-electron chi connectivity index (χ2n) is 4.71. The zero-order chi connectivity index (χ0) is 12.8. The molecule has 1 saturated carbocycles. The summed E-state index contributed by atoms with van der Waals surface area (Å²) >= 11 is 0. The molecule has 0 amide bonds. The number of unbranched alkanes of at least 4 members (excludes halogenated alkanes) is 2. The van der Waals surface area contributed by atoms with Crippen LogP contribution in [0.2, 0.25) is 0 Å². The minimum Gasteiger partial charge on any atom is -0.493 e. The van der Waals surface area contributed by atoms with Gasteiger partial charge in [-0.05, 0) is 50.8 Å². The summed E-state index contributed by atoms with van der Waals surface area (Å²) in [7, 11) is 0. The van der Waals surface area contributed by atoms with Crippen LogP contribution in [0, 0.1) is 11.6 Å². The minimum atomic E-state index is -0.860. The molecule has 18 heavy (non-hydrogen) atoms. The van der Waals surface area contributed by atoms with E-state index in [0.717, 1.165) is 44.0 Å². The van der Waals surface area contributed by atoms with Gasteiger partial charge in [0.15, 0.2) is 11.6 Å². The summed E-state index contributed by atoms with van der Waals surface area (Å²) in [6, 6.07) is 4.39. The average molecular weight is 255 g/mol. The van der Waals surface area contributed by atoms with E-state index in [-0.39, 0.29) is 0 Å². The lowest BCUT2D eigenvalue weighted by Gasteiger charge is -2.06. The third kappa shape index (κ3) is 4.61. The van der Waals surface area contributed by atoms with Gasteiger partial charge >= 0.3 is 0 Å². The molecule has 1 fully saturated rings. The van der Waals surface area contributed by atoms with Crippen LogP contribution in [-0.2, 0) is 0 Å². The summed E-state index contributed by atoms with van der Waals surface area (Å²) in [5.41, 5.74) is 0. The third-order valence-corrected chi connectivity index (χ3v) is 2.99. The van der Waals surface area contributed by atoms with Crippen molar-refractivity contribution in [1.29, 1.82) is 0 Å². The molecule has 1 aromatic rings. The predicted octanol–water partition coefficient (Wildman–Crippen LogP) is 3.27. The summed E-state index contributed by atoms with van der Waals surface area (Å²) in [5.74, 6) is -1.31. The topological polar surface area (TPSA) is 21.3 Å². The number of nitrogens with one attached hydrogen (secondary N) is 1. The predicted molar refractivity (Wildman–Crippen MR) is 66.7 cm³/mol. The molecule has 1 N–H and O–H groups in total. The fraction of sp³-hybridized carbons (Fsp3) is 0.571. The standard InChI is InChI=1S/C14H19F2NO/c15-13-7-6-12(10-14(13)16)18-9-3-1-2-8-17-11-4-5-11/h6-7,10-11,17H,1-5,8-9H2. The van der Waals surface area contributed by atoms with Gasteiger partial charge in [0.1, 0.15) is 5.75 Å². The lowest BCUT2D eigenvalue weighted by Crippen LogP contribution is -2.17. The number of hydrogen-bond acceptors (Lipinski definition) is 2. The molecule has 0 radical (unpaired) electrons. The number of ether oxygens (including phenoxy) is 1. The maximum absolute atomic E-state index is 12.9. The first-order valence-corrected chi connectivity index (χ1v) is 6.57. The van der Waals surface area contributed by atoms with E-state index in [1.165, 1.54) is 18.9 Å². The highest BCUT2D eigenvalue weighted by molar-refractivity contribution is 5.23. The molecule has 1 aliphatic carbocycles. The number of benzene rings is 1. The summed E-state index contributed by atoms with van der Waals surface area (Å²) in [6.45, 7) is 1.62. The maximum Gasteiger partial charge on any atom is 0.162 e. The monoisotopic (exact) mass is 255 g/mol. The Bertz CT molecular complexity index is 380. The molecule has 1 aliphatic rings. The smallest absolute Gasteiger partial charge is 0.162 e. The van der Waals surface area contributed by atoms with Crippen molar-refractivity contribution in [2.24, 2.45) is 0 Å². The Labute approximate surface area is 106 Å². The molecule has 0 bridgehead atoms.